The fourth-order valence-electron chi connectivity index (χ4n) is 2.08. The van der Waals surface area contributed by atoms with Crippen LogP contribution < -0.4 is 20.3 Å². The maximum absolute atomic E-state index is 12.0. The van der Waals surface area contributed by atoms with Crippen LogP contribution in [0.25, 0.3) is 0 Å². The summed E-state index contributed by atoms with van der Waals surface area (Å²) in [5.74, 6) is -0.593. The first kappa shape index (κ1) is 23.0. The van der Waals surface area contributed by atoms with Gasteiger partial charge < -0.3 is 25.4 Å². The number of aromatic nitrogens is 2. The van der Waals surface area contributed by atoms with Crippen molar-refractivity contribution < 1.29 is 34.0 Å². The lowest BCUT2D eigenvalue weighted by Gasteiger charge is -2.05. The van der Waals surface area contributed by atoms with Crippen molar-refractivity contribution in [2.24, 2.45) is 0 Å². The third kappa shape index (κ3) is 9.42. The first-order chi connectivity index (χ1) is 14.0. The Balaban J connectivity index is 0.00000132. The Morgan fingerprint density at radius 3 is 2.48 bits per heavy atom. The van der Waals surface area contributed by atoms with Crippen molar-refractivity contribution in [3.8, 4) is 0 Å². The van der Waals surface area contributed by atoms with Crippen LogP contribution in [0.1, 0.15) is 20.7 Å². The van der Waals surface area contributed by atoms with Crippen LogP contribution in [0.3, 0.4) is 0 Å². The van der Waals surface area contributed by atoms with Gasteiger partial charge in [0.15, 0.2) is 18.9 Å². The Bertz CT molecular complexity index is 817. The lowest BCUT2D eigenvalue weighted by atomic mass is 10.2. The standard InChI is InChI=1S/C16H17N5O5.CH2O2/c22-15(13-3-1-5-17-11-13)18-6-9-20-8-2-4-14(12-20)16(23)19-7-10-26-21(24)25;2-1-3/h1-5,8,11-12H,6-7,9-10H2,(H-,18,19,22,23);1H,(H,2,3). The molecule has 0 saturated heterocycles. The molecular weight excluding hydrogens is 386 g/mol. The Labute approximate surface area is 165 Å². The summed E-state index contributed by atoms with van der Waals surface area (Å²) in [4.78, 5) is 50.2. The molecule has 2 aromatic rings. The summed E-state index contributed by atoms with van der Waals surface area (Å²) in [6.45, 7) is 0.152. The summed E-state index contributed by atoms with van der Waals surface area (Å²) in [5, 5.41) is 22.7. The fraction of sp³-hybridized carbons (Fsp3) is 0.235. The molecule has 2 amide bonds. The number of nitrogens with one attached hydrogen (secondary N) is 2. The van der Waals surface area contributed by atoms with Crippen LogP contribution in [0.2, 0.25) is 0 Å². The highest BCUT2D eigenvalue weighted by Gasteiger charge is 2.11. The lowest BCUT2D eigenvalue weighted by molar-refractivity contribution is -0.757. The van der Waals surface area contributed by atoms with Crippen LogP contribution in [0.4, 0.5) is 0 Å². The second-order valence-electron chi connectivity index (χ2n) is 5.24. The predicted molar refractivity (Wildman–Crippen MR) is 94.6 cm³/mol. The van der Waals surface area contributed by atoms with E-state index >= 15 is 0 Å². The van der Waals surface area contributed by atoms with Crippen molar-refractivity contribution in [3.63, 3.8) is 0 Å². The smallest absolute Gasteiger partial charge is 0.294 e. The molecule has 0 saturated carbocycles. The monoisotopic (exact) mass is 405 g/mol. The van der Waals surface area contributed by atoms with Crippen molar-refractivity contribution in [3.05, 3.63) is 70.3 Å². The van der Waals surface area contributed by atoms with Crippen molar-refractivity contribution in [2.45, 2.75) is 6.54 Å². The number of amides is 2. The number of carboxylic acid groups (broad SMARTS) is 1. The van der Waals surface area contributed by atoms with Crippen LogP contribution in [0, 0.1) is 10.1 Å². The van der Waals surface area contributed by atoms with Crippen LogP contribution in [0.15, 0.2) is 49.1 Å². The highest BCUT2D eigenvalue weighted by molar-refractivity contribution is 5.94. The number of carbonyl (C=O) groups is 3. The van der Waals surface area contributed by atoms with Gasteiger partial charge in [0.1, 0.15) is 12.2 Å². The van der Waals surface area contributed by atoms with E-state index in [1.54, 1.807) is 47.4 Å². The third-order valence-electron chi connectivity index (χ3n) is 3.28. The molecule has 2 heterocycles. The van der Waals surface area contributed by atoms with E-state index in [0.29, 0.717) is 24.2 Å². The normalized spacial score (nSPS) is 9.38. The van der Waals surface area contributed by atoms with Gasteiger partial charge >= 0.3 is 0 Å². The van der Waals surface area contributed by atoms with E-state index in [1.165, 1.54) is 6.20 Å². The molecule has 154 valence electrons. The van der Waals surface area contributed by atoms with Gasteiger partial charge in [-0.25, -0.2) is 4.57 Å². The number of pyridine rings is 2. The zero-order valence-electron chi connectivity index (χ0n) is 15.2. The predicted octanol–water partition coefficient (Wildman–Crippen LogP) is -1.90. The summed E-state index contributed by atoms with van der Waals surface area (Å²) in [6.07, 6.45) is 6.46. The third-order valence-corrected chi connectivity index (χ3v) is 3.28. The number of hydrogen-bond acceptors (Lipinski definition) is 8. The highest BCUT2D eigenvalue weighted by atomic mass is 16.9. The Morgan fingerprint density at radius 1 is 1.17 bits per heavy atom. The zero-order valence-corrected chi connectivity index (χ0v) is 15.2. The quantitative estimate of drug-likeness (QED) is 0.160. The van der Waals surface area contributed by atoms with E-state index in [1.807, 2.05) is 0 Å². The second-order valence-corrected chi connectivity index (χ2v) is 5.24. The number of carbonyl (C=O) groups excluding carboxylic acids is 3. The average Bonchev–Trinajstić information content (AvgIpc) is 2.72. The Morgan fingerprint density at radius 2 is 1.83 bits per heavy atom. The van der Waals surface area contributed by atoms with Crippen LogP contribution in [0.5, 0.6) is 0 Å². The first-order valence-electron chi connectivity index (χ1n) is 8.26. The van der Waals surface area contributed by atoms with Gasteiger partial charge in [0, 0.05) is 31.5 Å². The molecule has 2 N–H and O–H groups in total. The van der Waals surface area contributed by atoms with Crippen molar-refractivity contribution in [1.29, 1.82) is 0 Å². The maximum atomic E-state index is 12.0. The summed E-state index contributed by atoms with van der Waals surface area (Å²) < 4.78 is 1.76. The molecule has 0 aliphatic heterocycles. The SMILES string of the molecule is O=C(NCCO[N+](=O)[O-])c1ccc[n+](CCNC(=O)c2cccnc2)c1.O=C[O-]. The van der Waals surface area contributed by atoms with E-state index < -0.39 is 11.6 Å². The van der Waals surface area contributed by atoms with Crippen molar-refractivity contribution in [2.75, 3.05) is 19.7 Å². The molecule has 0 radical (unpaired) electrons. The fourth-order valence-corrected chi connectivity index (χ4v) is 2.08. The molecule has 0 aliphatic carbocycles. The molecule has 2 rings (SSSR count). The molecule has 0 bridgehead atoms. The minimum atomic E-state index is -0.914. The van der Waals surface area contributed by atoms with Gasteiger partial charge in [-0.2, -0.15) is 0 Å². The molecule has 0 aliphatic rings. The zero-order chi connectivity index (χ0) is 21.5. The average molecular weight is 405 g/mol. The summed E-state index contributed by atoms with van der Waals surface area (Å²) in [6, 6.07) is 6.67. The molecule has 12 heteroatoms. The molecule has 12 nitrogen and oxygen atoms in total. The van der Waals surface area contributed by atoms with Crippen LogP contribution >= 0.6 is 0 Å². The minimum absolute atomic E-state index is 0.0237. The number of nitrogens with zero attached hydrogens (tertiary/aromatic N) is 3. The molecule has 0 spiro atoms. The number of hydrogen-bond donors (Lipinski definition) is 2. The largest absolute Gasteiger partial charge is 0.554 e. The van der Waals surface area contributed by atoms with Gasteiger partial charge in [0.05, 0.1) is 12.1 Å². The second kappa shape index (κ2) is 13.1. The number of rotatable bonds is 9. The van der Waals surface area contributed by atoms with Crippen molar-refractivity contribution >= 4 is 18.3 Å². The summed E-state index contributed by atoms with van der Waals surface area (Å²) in [5.41, 5.74) is 0.870. The molecule has 0 fully saturated rings. The molecule has 0 unspecified atom stereocenters. The highest BCUT2D eigenvalue weighted by Crippen LogP contribution is 1.96. The molecule has 0 aromatic carbocycles. The van der Waals surface area contributed by atoms with Gasteiger partial charge in [-0.15, -0.1) is 10.1 Å². The Hall–Kier alpha value is -4.09. The maximum Gasteiger partial charge on any atom is 0.294 e. The van der Waals surface area contributed by atoms with Gasteiger partial charge in [0.25, 0.3) is 16.9 Å². The van der Waals surface area contributed by atoms with Crippen LogP contribution in [-0.2, 0) is 16.2 Å². The summed E-state index contributed by atoms with van der Waals surface area (Å²) >= 11 is 0. The first-order valence-corrected chi connectivity index (χ1v) is 8.26. The van der Waals surface area contributed by atoms with Gasteiger partial charge in [-0.3, -0.25) is 14.6 Å². The van der Waals surface area contributed by atoms with Gasteiger partial charge in [0.2, 0.25) is 0 Å². The Kier molecular flexibility index (Phi) is 10.4. The molecule has 0 atom stereocenters. The van der Waals surface area contributed by atoms with Crippen molar-refractivity contribution in [1.82, 2.24) is 15.6 Å². The lowest BCUT2D eigenvalue weighted by Crippen LogP contribution is -2.41. The van der Waals surface area contributed by atoms with Gasteiger partial charge in [-0.1, -0.05) is 0 Å². The molecular formula is C17H19N5O7. The molecule has 29 heavy (non-hydrogen) atoms. The minimum Gasteiger partial charge on any atom is -0.554 e. The van der Waals surface area contributed by atoms with E-state index in [-0.39, 0.29) is 25.0 Å². The molecule has 2 aromatic heterocycles. The van der Waals surface area contributed by atoms with Gasteiger partial charge in [-0.05, 0) is 18.2 Å². The van der Waals surface area contributed by atoms with E-state index in [4.69, 9.17) is 9.90 Å². The van der Waals surface area contributed by atoms with E-state index in [0.717, 1.165) is 0 Å². The van der Waals surface area contributed by atoms with Crippen LogP contribution in [-0.4, -0.2) is 48.1 Å². The topological polar surface area (TPSA) is 167 Å². The summed E-state index contributed by atoms with van der Waals surface area (Å²) in [7, 11) is 0. The van der Waals surface area contributed by atoms with E-state index in [9.17, 15) is 19.7 Å². The van der Waals surface area contributed by atoms with E-state index in [2.05, 4.69) is 20.5 Å².